The molecular weight excluding hydrogens is 374 g/mol. The average Bonchev–Trinajstić information content (AvgIpc) is 2.11. The Kier molecular flexibility index (Phi) is 5.92. The van der Waals surface area contributed by atoms with Crippen LogP contribution in [0.3, 0.4) is 0 Å². The monoisotopic (exact) mass is 384 g/mol. The topological polar surface area (TPSA) is 190 Å². The number of halogens is 1. The summed E-state index contributed by atoms with van der Waals surface area (Å²) in [5, 5.41) is 14.3. The molecule has 0 heterocycles. The van der Waals surface area contributed by atoms with E-state index >= 15 is 0 Å². The first-order chi connectivity index (χ1) is 8.24. The quantitative estimate of drug-likeness (QED) is 0.252. The molecule has 0 aromatic carbocycles. The Balaban J connectivity index is 5.75. The number of hydrogen-bond donors (Lipinski definition) is 6. The summed E-state index contributed by atoms with van der Waals surface area (Å²) in [5.74, 6) is -3.97. The van der Waals surface area contributed by atoms with Gasteiger partial charge in [0.05, 0.1) is 6.42 Å². The first kappa shape index (κ1) is 18.7. The van der Waals surface area contributed by atoms with E-state index in [1.807, 2.05) is 0 Å². The number of aliphatic carboxylic acids is 2. The number of carboxylic acids is 2. The molecule has 0 amide bonds. The third kappa shape index (κ3) is 4.64. The molecule has 2 atom stereocenters. The van der Waals surface area contributed by atoms with Gasteiger partial charge in [-0.25, -0.2) is 0 Å². The maximum absolute atomic E-state index is 11.3. The first-order valence-electron chi connectivity index (χ1n) is 4.44. The van der Waals surface area contributed by atoms with Gasteiger partial charge in [-0.15, -0.1) is 0 Å². The summed E-state index contributed by atoms with van der Waals surface area (Å²) in [6, 6.07) is 0. The molecule has 2 unspecified atom stereocenters. The summed E-state index contributed by atoms with van der Waals surface area (Å²) < 4.78 is 20.3. The van der Waals surface area contributed by atoms with Gasteiger partial charge in [-0.1, -0.05) is 15.9 Å². The van der Waals surface area contributed by atoms with E-state index in [1.54, 1.807) is 0 Å². The second-order valence-corrected chi connectivity index (χ2v) is 9.24. The number of rotatable bonds is 7. The highest BCUT2D eigenvalue weighted by atomic mass is 79.9. The van der Waals surface area contributed by atoms with Crippen molar-refractivity contribution in [2.75, 3.05) is 0 Å². The molecule has 0 aliphatic rings. The minimum atomic E-state index is -5.49. The van der Waals surface area contributed by atoms with Crippen LogP contribution in [0.15, 0.2) is 0 Å². The van der Waals surface area contributed by atoms with Crippen LogP contribution in [0.25, 0.3) is 0 Å². The summed E-state index contributed by atoms with van der Waals surface area (Å²) in [4.78, 5) is 57.3. The van der Waals surface area contributed by atoms with E-state index in [0.717, 1.165) is 0 Å². The fourth-order valence-corrected chi connectivity index (χ4v) is 3.74. The first-order valence-corrected chi connectivity index (χ1v) is 8.65. The lowest BCUT2D eigenvalue weighted by Gasteiger charge is -2.30. The van der Waals surface area contributed by atoms with Crippen LogP contribution in [0, 0.1) is 0 Å². The van der Waals surface area contributed by atoms with Crippen LogP contribution in [-0.2, 0) is 18.7 Å². The molecule has 0 aromatic rings. The minimum Gasteiger partial charge on any atom is -0.481 e. The molecule has 0 spiro atoms. The highest BCUT2D eigenvalue weighted by Crippen LogP contribution is 2.59. The van der Waals surface area contributed by atoms with Gasteiger partial charge in [-0.05, 0) is 6.42 Å². The third-order valence-corrected chi connectivity index (χ3v) is 6.75. The summed E-state index contributed by atoms with van der Waals surface area (Å²) in [7, 11) is -10.4. The molecule has 13 heteroatoms. The van der Waals surface area contributed by atoms with Crippen molar-refractivity contribution in [1.29, 1.82) is 0 Å². The Morgan fingerprint density at radius 2 is 1.53 bits per heavy atom. The third-order valence-electron chi connectivity index (χ3n) is 2.27. The molecule has 112 valence electrons. The van der Waals surface area contributed by atoms with Crippen molar-refractivity contribution in [3.63, 3.8) is 0 Å². The predicted molar refractivity (Wildman–Crippen MR) is 64.0 cm³/mol. The van der Waals surface area contributed by atoms with Crippen molar-refractivity contribution < 1.29 is 48.5 Å². The molecule has 0 rings (SSSR count). The van der Waals surface area contributed by atoms with E-state index in [2.05, 4.69) is 15.9 Å². The summed E-state index contributed by atoms with van der Waals surface area (Å²) >= 11 is 2.42. The predicted octanol–water partition coefficient (Wildman–Crippen LogP) is -0.249. The van der Waals surface area contributed by atoms with E-state index < -0.39 is 49.7 Å². The van der Waals surface area contributed by atoms with Gasteiger partial charge in [0, 0.05) is 0 Å². The van der Waals surface area contributed by atoms with Crippen molar-refractivity contribution >= 4 is 43.1 Å². The maximum Gasteiger partial charge on any atom is 0.343 e. The summed E-state index contributed by atoms with van der Waals surface area (Å²) in [6.07, 6.45) is -2.72. The molecule has 0 fully saturated rings. The Hall–Kier alpha value is -0.280. The molecule has 0 saturated heterocycles. The molecule has 0 radical (unpaired) electrons. The van der Waals surface area contributed by atoms with Crippen molar-refractivity contribution in [1.82, 2.24) is 0 Å². The number of carboxylic acid groups (broad SMARTS) is 2. The average molecular weight is 385 g/mol. The van der Waals surface area contributed by atoms with Gasteiger partial charge in [0.1, 0.15) is 4.57 Å². The number of carbonyl (C=O) groups is 2. The highest BCUT2D eigenvalue weighted by Gasteiger charge is 2.57. The van der Waals surface area contributed by atoms with Crippen molar-refractivity contribution in [2.24, 2.45) is 0 Å². The Bertz CT molecular complexity index is 465. The molecule has 0 saturated carbocycles. The molecule has 0 bridgehead atoms. The fourth-order valence-electron chi connectivity index (χ4n) is 1.23. The zero-order valence-electron chi connectivity index (χ0n) is 9.08. The largest absolute Gasteiger partial charge is 0.481 e. The fraction of sp³-hybridized carbons (Fsp3) is 0.667. The van der Waals surface area contributed by atoms with Crippen LogP contribution in [-0.4, -0.2) is 51.4 Å². The van der Waals surface area contributed by atoms with Crippen molar-refractivity contribution in [2.45, 2.75) is 22.6 Å². The van der Waals surface area contributed by atoms with Crippen molar-refractivity contribution in [3.8, 4) is 0 Å². The van der Waals surface area contributed by atoms with Crippen LogP contribution in [0.5, 0.6) is 0 Å². The van der Waals surface area contributed by atoms with Gasteiger partial charge in [0.15, 0.2) is 5.16 Å². The van der Waals surface area contributed by atoms with E-state index in [-0.39, 0.29) is 0 Å². The zero-order valence-corrected chi connectivity index (χ0v) is 12.5. The van der Waals surface area contributed by atoms with Crippen LogP contribution in [0.1, 0.15) is 12.8 Å². The molecule has 19 heavy (non-hydrogen) atoms. The van der Waals surface area contributed by atoms with E-state index in [4.69, 9.17) is 29.8 Å². The van der Waals surface area contributed by atoms with Crippen LogP contribution < -0.4 is 0 Å². The Morgan fingerprint density at radius 3 is 1.74 bits per heavy atom. The van der Waals surface area contributed by atoms with E-state index in [0.29, 0.717) is 0 Å². The van der Waals surface area contributed by atoms with Crippen LogP contribution in [0.2, 0.25) is 0 Å². The normalized spacial score (nSPS) is 17.5. The second kappa shape index (κ2) is 6.01. The number of hydrogen-bond acceptors (Lipinski definition) is 4. The van der Waals surface area contributed by atoms with Crippen LogP contribution in [0.4, 0.5) is 0 Å². The lowest BCUT2D eigenvalue weighted by atomic mass is 10.0. The standard InChI is InChI=1S/C6H11BrO10P2/c7-3(18(12,13)14)1-6(5(10)11,2-4(8)9)19(15,16)17/h3H,1-2H2,(H,8,9)(H,10,11)(H2,12,13,14)(H2,15,16,17). The highest BCUT2D eigenvalue weighted by molar-refractivity contribution is 9.10. The lowest BCUT2D eigenvalue weighted by molar-refractivity contribution is -0.147. The lowest BCUT2D eigenvalue weighted by Crippen LogP contribution is -2.42. The van der Waals surface area contributed by atoms with Crippen molar-refractivity contribution in [3.05, 3.63) is 0 Å². The van der Waals surface area contributed by atoms with Gasteiger partial charge in [0.2, 0.25) is 0 Å². The molecule has 0 aliphatic carbocycles. The van der Waals surface area contributed by atoms with Crippen LogP contribution >= 0.6 is 31.1 Å². The maximum atomic E-state index is 11.3. The smallest absolute Gasteiger partial charge is 0.343 e. The molecule has 0 aliphatic heterocycles. The molecule has 0 aromatic heterocycles. The summed E-state index contributed by atoms with van der Waals surface area (Å²) in [6.45, 7) is 0. The van der Waals surface area contributed by atoms with Gasteiger partial charge in [-0.3, -0.25) is 18.7 Å². The number of alkyl halides is 1. The van der Waals surface area contributed by atoms with Gasteiger partial charge in [0.25, 0.3) is 0 Å². The Labute approximate surface area is 114 Å². The Morgan fingerprint density at radius 1 is 1.11 bits per heavy atom. The van der Waals surface area contributed by atoms with Gasteiger partial charge in [-0.2, -0.15) is 0 Å². The summed E-state index contributed by atoms with van der Waals surface area (Å²) in [5.41, 5.74) is 0. The van der Waals surface area contributed by atoms with Gasteiger partial charge < -0.3 is 29.8 Å². The molecular formula is C6H11BrO10P2. The molecule has 10 nitrogen and oxygen atoms in total. The molecule has 6 N–H and O–H groups in total. The van der Waals surface area contributed by atoms with E-state index in [1.165, 1.54) is 0 Å². The minimum absolute atomic E-state index is 1.25. The second-order valence-electron chi connectivity index (χ2n) is 3.68. The zero-order chi connectivity index (χ0) is 15.6. The SMILES string of the molecule is O=C(O)CC(CC(Br)P(=O)(O)O)(C(=O)O)P(=O)(O)O. The van der Waals surface area contributed by atoms with Gasteiger partial charge >= 0.3 is 27.1 Å². The van der Waals surface area contributed by atoms with E-state index in [9.17, 15) is 18.7 Å².